The summed E-state index contributed by atoms with van der Waals surface area (Å²) in [4.78, 5) is 45.2. The lowest BCUT2D eigenvalue weighted by molar-refractivity contribution is -0.146. The number of rotatable bonds is 4. The third-order valence-electron chi connectivity index (χ3n) is 5.05. The van der Waals surface area contributed by atoms with Crippen LogP contribution in [0.2, 0.25) is 0 Å². The Morgan fingerprint density at radius 2 is 1.77 bits per heavy atom. The molecule has 0 unspecified atom stereocenters. The molecule has 2 aliphatic heterocycles. The molecule has 0 aromatic carbocycles. The Labute approximate surface area is 151 Å². The Morgan fingerprint density at radius 3 is 2.50 bits per heavy atom. The van der Waals surface area contributed by atoms with Gasteiger partial charge >= 0.3 is 0 Å². The standard InChI is InChI=1S/C18H21N5O3/c24-16-4-5-17(25)23(16)13-18(26)21-9-7-20(8-10-21)12-14-11-19-15-3-1-2-6-22(14)15/h1-3,6,11H,4-5,7-10,12-13H2. The minimum absolute atomic E-state index is 0.120. The van der Waals surface area contributed by atoms with E-state index < -0.39 is 0 Å². The molecule has 4 rings (SSSR count). The minimum atomic E-state index is -0.241. The summed E-state index contributed by atoms with van der Waals surface area (Å²) in [5, 5.41) is 0. The van der Waals surface area contributed by atoms with Gasteiger partial charge in [0.2, 0.25) is 17.7 Å². The molecule has 26 heavy (non-hydrogen) atoms. The zero-order valence-corrected chi connectivity index (χ0v) is 14.5. The van der Waals surface area contributed by atoms with Gasteiger partial charge in [-0.2, -0.15) is 0 Å². The lowest BCUT2D eigenvalue weighted by Crippen LogP contribution is -2.51. The molecule has 8 nitrogen and oxygen atoms in total. The highest BCUT2D eigenvalue weighted by Gasteiger charge is 2.32. The Bertz CT molecular complexity index is 837. The fourth-order valence-corrected chi connectivity index (χ4v) is 3.52. The van der Waals surface area contributed by atoms with Crippen LogP contribution in [-0.4, -0.2) is 74.5 Å². The van der Waals surface area contributed by atoms with Crippen LogP contribution in [0.25, 0.3) is 5.65 Å². The maximum absolute atomic E-state index is 12.4. The Hall–Kier alpha value is -2.74. The lowest BCUT2D eigenvalue weighted by Gasteiger charge is -2.35. The van der Waals surface area contributed by atoms with Crippen molar-refractivity contribution in [1.29, 1.82) is 0 Å². The highest BCUT2D eigenvalue weighted by Crippen LogP contribution is 2.14. The number of hydrogen-bond donors (Lipinski definition) is 0. The normalized spacial score (nSPS) is 18.9. The largest absolute Gasteiger partial charge is 0.339 e. The molecule has 8 heteroatoms. The molecular weight excluding hydrogens is 334 g/mol. The van der Waals surface area contributed by atoms with Crippen molar-refractivity contribution in [1.82, 2.24) is 24.1 Å². The zero-order chi connectivity index (χ0) is 18.1. The molecule has 136 valence electrons. The first-order chi connectivity index (χ1) is 12.6. The summed E-state index contributed by atoms with van der Waals surface area (Å²) < 4.78 is 2.07. The van der Waals surface area contributed by atoms with E-state index >= 15 is 0 Å². The third kappa shape index (κ3) is 3.20. The van der Waals surface area contributed by atoms with E-state index in [-0.39, 0.29) is 37.1 Å². The monoisotopic (exact) mass is 355 g/mol. The first-order valence-electron chi connectivity index (χ1n) is 8.86. The molecule has 2 aromatic heterocycles. The second-order valence-electron chi connectivity index (χ2n) is 6.71. The molecule has 2 aliphatic rings. The average molecular weight is 355 g/mol. The fourth-order valence-electron chi connectivity index (χ4n) is 3.52. The van der Waals surface area contributed by atoms with Gasteiger partial charge in [-0.15, -0.1) is 0 Å². The summed E-state index contributed by atoms with van der Waals surface area (Å²) in [5.41, 5.74) is 2.05. The van der Waals surface area contributed by atoms with Crippen molar-refractivity contribution in [3.63, 3.8) is 0 Å². The quantitative estimate of drug-likeness (QED) is 0.729. The van der Waals surface area contributed by atoms with Gasteiger partial charge in [0, 0.05) is 51.8 Å². The number of likely N-dealkylation sites (tertiary alicyclic amines) is 1. The number of hydrogen-bond acceptors (Lipinski definition) is 5. The van der Waals surface area contributed by atoms with Crippen LogP contribution in [0, 0.1) is 0 Å². The highest BCUT2D eigenvalue weighted by molar-refractivity contribution is 6.04. The molecule has 0 aliphatic carbocycles. The number of amides is 3. The van der Waals surface area contributed by atoms with Crippen molar-refractivity contribution in [2.24, 2.45) is 0 Å². The van der Waals surface area contributed by atoms with Crippen molar-refractivity contribution >= 4 is 23.4 Å². The molecule has 2 saturated heterocycles. The maximum Gasteiger partial charge on any atom is 0.242 e. The summed E-state index contributed by atoms with van der Waals surface area (Å²) >= 11 is 0. The van der Waals surface area contributed by atoms with E-state index in [9.17, 15) is 14.4 Å². The van der Waals surface area contributed by atoms with E-state index in [4.69, 9.17) is 0 Å². The van der Waals surface area contributed by atoms with Gasteiger partial charge in [-0.25, -0.2) is 4.98 Å². The molecule has 0 saturated carbocycles. The molecule has 0 N–H and O–H groups in total. The second-order valence-corrected chi connectivity index (χ2v) is 6.71. The van der Waals surface area contributed by atoms with Gasteiger partial charge in [0.1, 0.15) is 12.2 Å². The summed E-state index contributed by atoms with van der Waals surface area (Å²) in [7, 11) is 0. The Morgan fingerprint density at radius 1 is 1.04 bits per heavy atom. The van der Waals surface area contributed by atoms with Crippen molar-refractivity contribution < 1.29 is 14.4 Å². The zero-order valence-electron chi connectivity index (χ0n) is 14.5. The van der Waals surface area contributed by atoms with E-state index in [1.807, 2.05) is 30.6 Å². The number of fused-ring (bicyclic) bond motifs is 1. The molecule has 0 bridgehead atoms. The van der Waals surface area contributed by atoms with Crippen molar-refractivity contribution in [3.05, 3.63) is 36.3 Å². The van der Waals surface area contributed by atoms with Gasteiger partial charge < -0.3 is 9.30 Å². The second kappa shape index (κ2) is 6.87. The Balaban J connectivity index is 1.32. The minimum Gasteiger partial charge on any atom is -0.339 e. The first kappa shape index (κ1) is 16.7. The molecule has 4 heterocycles. The van der Waals surface area contributed by atoms with Crippen molar-refractivity contribution in [2.75, 3.05) is 32.7 Å². The van der Waals surface area contributed by atoms with Gasteiger partial charge in [-0.1, -0.05) is 6.07 Å². The number of carbonyl (C=O) groups excluding carboxylic acids is 3. The summed E-state index contributed by atoms with van der Waals surface area (Å²) in [6, 6.07) is 5.92. The van der Waals surface area contributed by atoms with Crippen LogP contribution in [0.15, 0.2) is 30.6 Å². The average Bonchev–Trinajstić information content (AvgIpc) is 3.21. The number of imidazole rings is 1. The number of pyridine rings is 1. The lowest BCUT2D eigenvalue weighted by atomic mass is 10.3. The van der Waals surface area contributed by atoms with E-state index in [2.05, 4.69) is 14.3 Å². The molecular formula is C18H21N5O3. The van der Waals surface area contributed by atoms with Crippen LogP contribution in [-0.2, 0) is 20.9 Å². The number of carbonyl (C=O) groups is 3. The number of piperazine rings is 1. The predicted molar refractivity (Wildman–Crippen MR) is 93.0 cm³/mol. The van der Waals surface area contributed by atoms with Gasteiger partial charge in [0.25, 0.3) is 0 Å². The summed E-state index contributed by atoms with van der Waals surface area (Å²) in [6.45, 7) is 3.38. The van der Waals surface area contributed by atoms with E-state index in [0.29, 0.717) is 13.1 Å². The molecule has 3 amide bonds. The van der Waals surface area contributed by atoms with E-state index in [1.165, 1.54) is 0 Å². The molecule has 2 fully saturated rings. The van der Waals surface area contributed by atoms with Crippen LogP contribution in [0.1, 0.15) is 18.5 Å². The third-order valence-corrected chi connectivity index (χ3v) is 5.05. The van der Waals surface area contributed by atoms with Gasteiger partial charge in [-0.3, -0.25) is 24.2 Å². The Kier molecular flexibility index (Phi) is 4.42. The molecule has 0 atom stereocenters. The number of imide groups is 1. The van der Waals surface area contributed by atoms with E-state index in [1.54, 1.807) is 4.90 Å². The summed E-state index contributed by atoms with van der Waals surface area (Å²) in [5.74, 6) is -0.632. The van der Waals surface area contributed by atoms with Crippen LogP contribution in [0.5, 0.6) is 0 Å². The van der Waals surface area contributed by atoms with Crippen molar-refractivity contribution in [3.8, 4) is 0 Å². The van der Waals surface area contributed by atoms with E-state index in [0.717, 1.165) is 35.9 Å². The SMILES string of the molecule is O=C(CN1C(=O)CCC1=O)N1CCN(Cc2cnc3ccccn23)CC1. The summed E-state index contributed by atoms with van der Waals surface area (Å²) in [6.07, 6.45) is 4.33. The predicted octanol–water partition coefficient (Wildman–Crippen LogP) is 0.127. The highest BCUT2D eigenvalue weighted by atomic mass is 16.2. The number of aromatic nitrogens is 2. The van der Waals surface area contributed by atoms with Crippen LogP contribution >= 0.6 is 0 Å². The smallest absolute Gasteiger partial charge is 0.242 e. The van der Waals surface area contributed by atoms with Crippen molar-refractivity contribution in [2.45, 2.75) is 19.4 Å². The first-order valence-corrected chi connectivity index (χ1v) is 8.86. The van der Waals surface area contributed by atoms with Gasteiger partial charge in [0.15, 0.2) is 0 Å². The number of nitrogens with zero attached hydrogens (tertiary/aromatic N) is 5. The maximum atomic E-state index is 12.4. The van der Waals surface area contributed by atoms with Gasteiger partial charge in [-0.05, 0) is 12.1 Å². The van der Waals surface area contributed by atoms with Gasteiger partial charge in [0.05, 0.1) is 11.9 Å². The molecule has 0 radical (unpaired) electrons. The fraction of sp³-hybridized carbons (Fsp3) is 0.444. The van der Waals surface area contributed by atoms with Crippen LogP contribution < -0.4 is 0 Å². The topological polar surface area (TPSA) is 78.2 Å². The van der Waals surface area contributed by atoms with Crippen LogP contribution in [0.3, 0.4) is 0 Å². The van der Waals surface area contributed by atoms with Crippen LogP contribution in [0.4, 0.5) is 0 Å². The molecule has 2 aromatic rings. The molecule has 0 spiro atoms.